The van der Waals surface area contributed by atoms with E-state index in [4.69, 9.17) is 4.52 Å². The minimum absolute atomic E-state index is 0.123. The lowest BCUT2D eigenvalue weighted by Gasteiger charge is -2.15. The van der Waals surface area contributed by atoms with Crippen molar-refractivity contribution >= 4 is 17.3 Å². The molecule has 1 N–H and O–H groups in total. The van der Waals surface area contributed by atoms with Gasteiger partial charge in [0.1, 0.15) is 5.56 Å². The average Bonchev–Trinajstić information content (AvgIpc) is 2.97. The lowest BCUT2D eigenvalue weighted by atomic mass is 10.1. The van der Waals surface area contributed by atoms with Gasteiger partial charge in [0.05, 0.1) is 18.1 Å². The van der Waals surface area contributed by atoms with Gasteiger partial charge < -0.3 is 14.6 Å². The molecule has 0 bridgehead atoms. The van der Waals surface area contributed by atoms with Crippen molar-refractivity contribution in [2.45, 2.75) is 26.3 Å². The molecule has 1 heterocycles. The van der Waals surface area contributed by atoms with Crippen LogP contribution >= 0.6 is 0 Å². The third-order valence-corrected chi connectivity index (χ3v) is 3.20. The maximum absolute atomic E-state index is 11.7. The smallest absolute Gasteiger partial charge is 0.344 e. The van der Waals surface area contributed by atoms with Crippen LogP contribution in [0.4, 0.5) is 11.4 Å². The predicted molar refractivity (Wildman–Crippen MR) is 80.1 cm³/mol. The third-order valence-electron chi connectivity index (χ3n) is 3.20. The Morgan fingerprint density at radius 1 is 1.52 bits per heavy atom. The van der Waals surface area contributed by atoms with Crippen molar-refractivity contribution in [2.24, 2.45) is 0 Å². The second-order valence-electron chi connectivity index (χ2n) is 4.76. The second-order valence-corrected chi connectivity index (χ2v) is 4.76. The zero-order valence-corrected chi connectivity index (χ0v) is 12.9. The lowest BCUT2D eigenvalue weighted by molar-refractivity contribution is -0.385. The summed E-state index contributed by atoms with van der Waals surface area (Å²) in [5.41, 5.74) is 0.0813. The standard InChI is InChI=1S/C14H16N4O5/c1-4-11(13-15-8(2)23-17-13)16-9-5-6-12(18(20)21)10(7-9)14(19)22-3/h5-7,11,16H,4H2,1-3H3. The van der Waals surface area contributed by atoms with Crippen LogP contribution in [0.15, 0.2) is 22.7 Å². The SMILES string of the molecule is CCC(Nc1ccc([N+](=O)[O-])c(C(=O)OC)c1)c1noc(C)n1. The van der Waals surface area contributed by atoms with Crippen LogP contribution in [0.5, 0.6) is 0 Å². The molecule has 9 heteroatoms. The zero-order chi connectivity index (χ0) is 17.0. The molecule has 1 unspecified atom stereocenters. The van der Waals surface area contributed by atoms with Gasteiger partial charge >= 0.3 is 5.97 Å². The number of esters is 1. The minimum atomic E-state index is -0.774. The number of ether oxygens (including phenoxy) is 1. The highest BCUT2D eigenvalue weighted by Gasteiger charge is 2.23. The van der Waals surface area contributed by atoms with Gasteiger partial charge in [-0.25, -0.2) is 4.79 Å². The zero-order valence-electron chi connectivity index (χ0n) is 12.9. The molecular formula is C14H16N4O5. The second kappa shape index (κ2) is 6.86. The summed E-state index contributed by atoms with van der Waals surface area (Å²) in [6.07, 6.45) is 0.656. The molecule has 2 aromatic rings. The number of nitrogens with zero attached hydrogens (tertiary/aromatic N) is 3. The number of aryl methyl sites for hydroxylation is 1. The highest BCUT2D eigenvalue weighted by Crippen LogP contribution is 2.26. The van der Waals surface area contributed by atoms with Gasteiger partial charge in [0.2, 0.25) is 5.89 Å². The van der Waals surface area contributed by atoms with Crippen molar-refractivity contribution in [2.75, 3.05) is 12.4 Å². The molecule has 2 rings (SSSR count). The molecule has 122 valence electrons. The number of hydrogen-bond acceptors (Lipinski definition) is 8. The minimum Gasteiger partial charge on any atom is -0.465 e. The number of nitrogens with one attached hydrogen (secondary N) is 1. The Bertz CT molecular complexity index is 728. The summed E-state index contributed by atoms with van der Waals surface area (Å²) in [7, 11) is 1.17. The summed E-state index contributed by atoms with van der Waals surface area (Å²) >= 11 is 0. The van der Waals surface area contributed by atoms with E-state index in [0.29, 0.717) is 23.8 Å². The van der Waals surface area contributed by atoms with Gasteiger partial charge in [0, 0.05) is 18.7 Å². The summed E-state index contributed by atoms with van der Waals surface area (Å²) < 4.78 is 9.54. The number of nitro benzene ring substituents is 1. The van der Waals surface area contributed by atoms with E-state index in [2.05, 4.69) is 20.2 Å². The molecule has 9 nitrogen and oxygen atoms in total. The number of hydrogen-bond donors (Lipinski definition) is 1. The van der Waals surface area contributed by atoms with Gasteiger partial charge in [0.15, 0.2) is 5.82 Å². The Morgan fingerprint density at radius 3 is 2.78 bits per heavy atom. The molecule has 1 atom stereocenters. The van der Waals surface area contributed by atoms with Crippen LogP contribution in [0.3, 0.4) is 0 Å². The number of nitro groups is 1. The van der Waals surface area contributed by atoms with Crippen LogP contribution in [0, 0.1) is 17.0 Å². The van der Waals surface area contributed by atoms with Crippen molar-refractivity contribution in [3.63, 3.8) is 0 Å². The molecule has 0 aliphatic rings. The average molecular weight is 320 g/mol. The Labute approximate surface area is 131 Å². The number of carbonyl (C=O) groups excluding carboxylic acids is 1. The van der Waals surface area contributed by atoms with E-state index in [1.165, 1.54) is 25.3 Å². The molecular weight excluding hydrogens is 304 g/mol. The molecule has 0 saturated carbocycles. The molecule has 0 amide bonds. The van der Waals surface area contributed by atoms with Crippen LogP contribution in [0.1, 0.15) is 41.5 Å². The molecule has 0 saturated heterocycles. The number of anilines is 1. The first-order valence-electron chi connectivity index (χ1n) is 6.89. The molecule has 0 spiro atoms. The number of aromatic nitrogens is 2. The van der Waals surface area contributed by atoms with E-state index in [-0.39, 0.29) is 17.3 Å². The van der Waals surface area contributed by atoms with E-state index in [1.807, 2.05) is 6.92 Å². The van der Waals surface area contributed by atoms with Gasteiger partial charge in [-0.2, -0.15) is 4.98 Å². The summed E-state index contributed by atoms with van der Waals surface area (Å²) in [6, 6.07) is 3.89. The first kappa shape index (κ1) is 16.4. The van der Waals surface area contributed by atoms with Gasteiger partial charge in [-0.05, 0) is 18.6 Å². The van der Waals surface area contributed by atoms with Crippen molar-refractivity contribution in [1.82, 2.24) is 10.1 Å². The van der Waals surface area contributed by atoms with E-state index >= 15 is 0 Å². The van der Waals surface area contributed by atoms with Crippen molar-refractivity contribution < 1.29 is 19.0 Å². The van der Waals surface area contributed by atoms with E-state index in [0.717, 1.165) is 0 Å². The Morgan fingerprint density at radius 2 is 2.26 bits per heavy atom. The highest BCUT2D eigenvalue weighted by atomic mass is 16.6. The lowest BCUT2D eigenvalue weighted by Crippen LogP contribution is -2.13. The molecule has 1 aromatic carbocycles. The maximum Gasteiger partial charge on any atom is 0.344 e. The van der Waals surface area contributed by atoms with Crippen LogP contribution in [0.25, 0.3) is 0 Å². The molecule has 23 heavy (non-hydrogen) atoms. The number of methoxy groups -OCH3 is 1. The maximum atomic E-state index is 11.7. The Kier molecular flexibility index (Phi) is 4.89. The van der Waals surface area contributed by atoms with Gasteiger partial charge in [-0.15, -0.1) is 0 Å². The molecule has 0 aliphatic carbocycles. The van der Waals surface area contributed by atoms with Gasteiger partial charge in [-0.1, -0.05) is 12.1 Å². The van der Waals surface area contributed by atoms with Crippen LogP contribution < -0.4 is 5.32 Å². The first-order valence-corrected chi connectivity index (χ1v) is 6.89. The molecule has 0 radical (unpaired) electrons. The van der Waals surface area contributed by atoms with Crippen molar-refractivity contribution in [3.8, 4) is 0 Å². The van der Waals surface area contributed by atoms with Crippen molar-refractivity contribution in [3.05, 3.63) is 45.6 Å². The number of benzene rings is 1. The van der Waals surface area contributed by atoms with E-state index < -0.39 is 10.9 Å². The number of rotatable bonds is 6. The molecule has 1 aromatic heterocycles. The third kappa shape index (κ3) is 3.62. The Balaban J connectivity index is 2.32. The summed E-state index contributed by atoms with van der Waals surface area (Å²) in [5.74, 6) is 0.144. The normalized spacial score (nSPS) is 11.8. The van der Waals surface area contributed by atoms with Crippen molar-refractivity contribution in [1.29, 1.82) is 0 Å². The van der Waals surface area contributed by atoms with Crippen LogP contribution in [0.2, 0.25) is 0 Å². The van der Waals surface area contributed by atoms with Gasteiger partial charge in [-0.3, -0.25) is 10.1 Å². The van der Waals surface area contributed by atoms with Gasteiger partial charge in [0.25, 0.3) is 5.69 Å². The largest absolute Gasteiger partial charge is 0.465 e. The first-order chi connectivity index (χ1) is 11.0. The number of carbonyl (C=O) groups is 1. The topological polar surface area (TPSA) is 120 Å². The highest BCUT2D eigenvalue weighted by molar-refractivity contribution is 5.95. The summed E-state index contributed by atoms with van der Waals surface area (Å²) in [6.45, 7) is 3.61. The quantitative estimate of drug-likeness (QED) is 0.490. The van der Waals surface area contributed by atoms with E-state index in [9.17, 15) is 14.9 Å². The summed E-state index contributed by atoms with van der Waals surface area (Å²) in [4.78, 5) is 26.3. The van der Waals surface area contributed by atoms with E-state index in [1.54, 1.807) is 6.92 Å². The molecule has 0 aliphatic heterocycles. The molecule has 0 fully saturated rings. The fourth-order valence-electron chi connectivity index (χ4n) is 2.07. The Hall–Kier alpha value is -2.97. The van der Waals surface area contributed by atoms with Crippen LogP contribution in [-0.4, -0.2) is 28.1 Å². The summed E-state index contributed by atoms with van der Waals surface area (Å²) in [5, 5.41) is 18.0. The monoisotopic (exact) mass is 320 g/mol. The fraction of sp³-hybridized carbons (Fsp3) is 0.357. The predicted octanol–water partition coefficient (Wildman–Crippen LogP) is 2.64. The fourth-order valence-corrected chi connectivity index (χ4v) is 2.07. The van der Waals surface area contributed by atoms with Crippen LogP contribution in [-0.2, 0) is 4.74 Å².